The lowest BCUT2D eigenvalue weighted by Gasteiger charge is -2.09. The maximum absolute atomic E-state index is 14.0. The quantitative estimate of drug-likeness (QED) is 0.214. The summed E-state index contributed by atoms with van der Waals surface area (Å²) >= 11 is 1.92. The molecule has 0 radical (unpaired) electrons. The van der Waals surface area contributed by atoms with E-state index in [0.717, 1.165) is 53.0 Å². The molecule has 0 atom stereocenters. The van der Waals surface area contributed by atoms with E-state index in [0.29, 0.717) is 4.88 Å². The van der Waals surface area contributed by atoms with Gasteiger partial charge >= 0.3 is 12.1 Å². The molecule has 6 nitrogen and oxygen atoms in total. The Morgan fingerprint density at radius 3 is 2.43 bits per heavy atom. The fourth-order valence-corrected chi connectivity index (χ4v) is 5.04. The number of rotatable bonds is 7. The van der Waals surface area contributed by atoms with Crippen molar-refractivity contribution in [3.8, 4) is 21.8 Å². The maximum atomic E-state index is 14.0. The molecule has 0 spiro atoms. The Balaban J connectivity index is 1.73. The van der Waals surface area contributed by atoms with Gasteiger partial charge < -0.3 is 10.1 Å². The van der Waals surface area contributed by atoms with Crippen molar-refractivity contribution >= 4 is 34.6 Å². The van der Waals surface area contributed by atoms with E-state index in [1.165, 1.54) is 17.6 Å². The lowest BCUT2D eigenvalue weighted by Crippen LogP contribution is -2.25. The Morgan fingerprint density at radius 1 is 1.05 bits per heavy atom. The van der Waals surface area contributed by atoms with Crippen LogP contribution in [0.2, 0.25) is 0 Å². The molecule has 0 saturated carbocycles. The minimum atomic E-state index is -4.56. The number of carbonyl (C=O) groups is 2. The summed E-state index contributed by atoms with van der Waals surface area (Å²) in [4.78, 5) is 34.0. The van der Waals surface area contributed by atoms with Crippen LogP contribution < -0.4 is 5.32 Å². The van der Waals surface area contributed by atoms with Gasteiger partial charge in [-0.1, -0.05) is 18.2 Å². The van der Waals surface area contributed by atoms with Gasteiger partial charge in [-0.05, 0) is 36.8 Å². The number of esters is 1. The number of aromatic nitrogens is 2. The summed E-state index contributed by atoms with van der Waals surface area (Å²) in [6.45, 7) is 1.37. The van der Waals surface area contributed by atoms with Crippen LogP contribution in [-0.4, -0.2) is 28.5 Å². The highest BCUT2D eigenvalue weighted by Gasteiger charge is 2.31. The summed E-state index contributed by atoms with van der Waals surface area (Å²) in [5.41, 5.74) is 0.299. The van der Waals surface area contributed by atoms with Gasteiger partial charge in [-0.2, -0.15) is 13.2 Å². The van der Waals surface area contributed by atoms with Crippen molar-refractivity contribution < 1.29 is 36.3 Å². The average molecular weight is 554 g/mol. The third kappa shape index (κ3) is 5.67. The summed E-state index contributed by atoms with van der Waals surface area (Å²) < 4.78 is 72.8. The fourth-order valence-electron chi connectivity index (χ4n) is 3.36. The number of amides is 1. The number of alkyl halides is 3. The zero-order chi connectivity index (χ0) is 26.7. The van der Waals surface area contributed by atoms with Crippen molar-refractivity contribution in [2.24, 2.45) is 0 Å². The van der Waals surface area contributed by atoms with Gasteiger partial charge in [0, 0.05) is 0 Å². The number of benzene rings is 2. The van der Waals surface area contributed by atoms with E-state index in [-0.39, 0.29) is 40.0 Å². The third-order valence-electron chi connectivity index (χ3n) is 4.99. The highest BCUT2D eigenvalue weighted by atomic mass is 32.1. The molecule has 4 aromatic rings. The summed E-state index contributed by atoms with van der Waals surface area (Å²) in [6, 6.07) is 7.64. The van der Waals surface area contributed by atoms with Crippen molar-refractivity contribution in [2.45, 2.75) is 19.6 Å². The molecular formula is C24H16F5N3O3S2. The minimum absolute atomic E-state index is 0.0680. The Kier molecular flexibility index (Phi) is 7.64. The standard InChI is InChI=1S/C24H16F5N3O3S2/c1-2-35-23(34)22-32-18(16(37-22)10-30-21(33)17-14(25)7-4-8-15(17)26)19-20(36-11-31-19)12-5-3-6-13(9-12)24(27,28)29/h3-9,11H,2,10H2,1H3,(H,30,33). The van der Waals surface area contributed by atoms with E-state index in [1.54, 1.807) is 6.92 Å². The van der Waals surface area contributed by atoms with E-state index in [2.05, 4.69) is 15.3 Å². The Labute approximate surface area is 214 Å². The van der Waals surface area contributed by atoms with Gasteiger partial charge in [0.25, 0.3) is 5.91 Å². The van der Waals surface area contributed by atoms with Crippen molar-refractivity contribution in [2.75, 3.05) is 6.61 Å². The van der Waals surface area contributed by atoms with Gasteiger partial charge in [0.1, 0.15) is 28.6 Å². The van der Waals surface area contributed by atoms with Crippen molar-refractivity contribution in [3.05, 3.63) is 80.6 Å². The van der Waals surface area contributed by atoms with Crippen LogP contribution in [-0.2, 0) is 17.5 Å². The van der Waals surface area contributed by atoms with Gasteiger partial charge in [-0.15, -0.1) is 22.7 Å². The van der Waals surface area contributed by atoms with E-state index >= 15 is 0 Å². The molecule has 0 bridgehead atoms. The summed E-state index contributed by atoms with van der Waals surface area (Å²) in [5, 5.41) is 2.32. The van der Waals surface area contributed by atoms with Crippen LogP contribution in [0.5, 0.6) is 0 Å². The Morgan fingerprint density at radius 2 is 1.76 bits per heavy atom. The van der Waals surface area contributed by atoms with Crippen LogP contribution in [0.25, 0.3) is 21.8 Å². The van der Waals surface area contributed by atoms with Crippen LogP contribution in [0.3, 0.4) is 0 Å². The second-order valence-electron chi connectivity index (χ2n) is 7.40. The van der Waals surface area contributed by atoms with Gasteiger partial charge in [-0.3, -0.25) is 4.79 Å². The summed E-state index contributed by atoms with van der Waals surface area (Å²) in [7, 11) is 0. The molecule has 13 heteroatoms. The number of thiazole rings is 2. The Hall–Kier alpha value is -3.71. The molecular weight excluding hydrogens is 537 g/mol. The van der Waals surface area contributed by atoms with Crippen LogP contribution in [0.15, 0.2) is 48.0 Å². The molecule has 1 N–H and O–H groups in total. The number of nitrogens with one attached hydrogen (secondary N) is 1. The Bertz CT molecular complexity index is 1450. The first-order chi connectivity index (χ1) is 17.6. The number of halogens is 5. The normalized spacial score (nSPS) is 11.4. The molecule has 0 aliphatic heterocycles. The molecule has 0 fully saturated rings. The molecule has 2 aromatic carbocycles. The monoisotopic (exact) mass is 553 g/mol. The van der Waals surface area contributed by atoms with Crippen LogP contribution >= 0.6 is 22.7 Å². The highest BCUT2D eigenvalue weighted by molar-refractivity contribution is 7.14. The molecule has 2 aromatic heterocycles. The second kappa shape index (κ2) is 10.7. The first kappa shape index (κ1) is 26.4. The smallest absolute Gasteiger partial charge is 0.416 e. The third-order valence-corrected chi connectivity index (χ3v) is 6.90. The van der Waals surface area contributed by atoms with Crippen molar-refractivity contribution in [3.63, 3.8) is 0 Å². The lowest BCUT2D eigenvalue weighted by atomic mass is 10.1. The maximum Gasteiger partial charge on any atom is 0.416 e. The van der Waals surface area contributed by atoms with Gasteiger partial charge in [0.2, 0.25) is 5.01 Å². The molecule has 0 aliphatic rings. The van der Waals surface area contributed by atoms with Crippen LogP contribution in [0.1, 0.15) is 37.5 Å². The summed E-state index contributed by atoms with van der Waals surface area (Å²) in [6.07, 6.45) is -4.56. The number of hydrogen-bond acceptors (Lipinski definition) is 7. The fraction of sp³-hybridized carbons (Fsp3) is 0.167. The van der Waals surface area contributed by atoms with E-state index in [9.17, 15) is 31.5 Å². The van der Waals surface area contributed by atoms with Gasteiger partial charge in [0.15, 0.2) is 0 Å². The number of nitrogens with zero attached hydrogens (tertiary/aromatic N) is 2. The average Bonchev–Trinajstić information content (AvgIpc) is 3.49. The van der Waals surface area contributed by atoms with E-state index < -0.39 is 40.8 Å². The molecule has 2 heterocycles. The van der Waals surface area contributed by atoms with E-state index in [1.807, 2.05) is 0 Å². The van der Waals surface area contributed by atoms with Crippen molar-refractivity contribution in [1.29, 1.82) is 0 Å². The van der Waals surface area contributed by atoms with Gasteiger partial charge in [-0.25, -0.2) is 23.5 Å². The zero-order valence-electron chi connectivity index (χ0n) is 18.9. The zero-order valence-corrected chi connectivity index (χ0v) is 20.5. The predicted molar refractivity (Wildman–Crippen MR) is 127 cm³/mol. The van der Waals surface area contributed by atoms with E-state index in [4.69, 9.17) is 4.74 Å². The second-order valence-corrected chi connectivity index (χ2v) is 9.34. The molecule has 4 rings (SSSR count). The molecule has 0 aliphatic carbocycles. The van der Waals surface area contributed by atoms with Crippen LogP contribution in [0.4, 0.5) is 22.0 Å². The molecule has 1 amide bonds. The minimum Gasteiger partial charge on any atom is -0.461 e. The number of hydrogen-bond donors (Lipinski definition) is 1. The molecule has 0 unspecified atom stereocenters. The SMILES string of the molecule is CCOC(=O)c1nc(-c2ncsc2-c2cccc(C(F)(F)F)c2)c(CNC(=O)c2c(F)cccc2F)s1. The molecule has 0 saturated heterocycles. The number of ether oxygens (including phenoxy) is 1. The first-order valence-electron chi connectivity index (χ1n) is 10.6. The molecule has 37 heavy (non-hydrogen) atoms. The predicted octanol–water partition coefficient (Wildman–Crippen LogP) is 6.34. The van der Waals surface area contributed by atoms with Gasteiger partial charge in [0.05, 0.1) is 34.0 Å². The molecule has 192 valence electrons. The summed E-state index contributed by atoms with van der Waals surface area (Å²) in [5.74, 6) is -3.90. The number of carbonyl (C=O) groups excluding carboxylic acids is 2. The highest BCUT2D eigenvalue weighted by Crippen LogP contribution is 2.40. The lowest BCUT2D eigenvalue weighted by molar-refractivity contribution is -0.137. The van der Waals surface area contributed by atoms with Crippen molar-refractivity contribution in [1.82, 2.24) is 15.3 Å². The van der Waals surface area contributed by atoms with Crippen LogP contribution in [0, 0.1) is 11.6 Å². The first-order valence-corrected chi connectivity index (χ1v) is 12.3. The largest absolute Gasteiger partial charge is 0.461 e. The topological polar surface area (TPSA) is 81.2 Å².